The minimum atomic E-state index is -0.808. The summed E-state index contributed by atoms with van der Waals surface area (Å²) in [6.07, 6.45) is 3.28. The molecule has 1 fully saturated rings. The van der Waals surface area contributed by atoms with E-state index in [0.29, 0.717) is 6.42 Å². The molecule has 2 N–H and O–H groups in total. The molecule has 0 radical (unpaired) electrons. The lowest BCUT2D eigenvalue weighted by atomic mass is 9.81. The van der Waals surface area contributed by atoms with Crippen LogP contribution in [0.2, 0.25) is 0 Å². The Bertz CT molecular complexity index is 510. The number of rotatable bonds is 4. The molecule has 2 atom stereocenters. The van der Waals surface area contributed by atoms with Gasteiger partial charge in [-0.15, -0.1) is 0 Å². The van der Waals surface area contributed by atoms with E-state index in [1.807, 2.05) is 44.2 Å². The quantitative estimate of drug-likeness (QED) is 0.895. The summed E-state index contributed by atoms with van der Waals surface area (Å²) in [7, 11) is 0. The Balaban J connectivity index is 2.11. The molecule has 1 saturated carbocycles. The van der Waals surface area contributed by atoms with Crippen molar-refractivity contribution in [3.63, 3.8) is 0 Å². The van der Waals surface area contributed by atoms with Gasteiger partial charge in [-0.05, 0) is 32.3 Å². The van der Waals surface area contributed by atoms with Gasteiger partial charge in [0, 0.05) is 6.04 Å². The van der Waals surface area contributed by atoms with E-state index in [1.54, 1.807) is 0 Å². The molecular weight excluding hydrogens is 266 g/mol. The summed E-state index contributed by atoms with van der Waals surface area (Å²) in [5.74, 6) is -1.38. The lowest BCUT2D eigenvalue weighted by molar-refractivity contribution is -0.144. The zero-order valence-corrected chi connectivity index (χ0v) is 12.6. The first-order chi connectivity index (χ1) is 9.93. The Hall–Kier alpha value is -1.84. The predicted octanol–water partition coefficient (Wildman–Crippen LogP) is 2.72. The highest BCUT2D eigenvalue weighted by atomic mass is 16.4. The van der Waals surface area contributed by atoms with Crippen LogP contribution in [0, 0.1) is 5.92 Å². The summed E-state index contributed by atoms with van der Waals surface area (Å²) < 4.78 is 0. The first-order valence-corrected chi connectivity index (χ1v) is 7.52. The highest BCUT2D eigenvalue weighted by molar-refractivity contribution is 5.88. The topological polar surface area (TPSA) is 66.4 Å². The summed E-state index contributed by atoms with van der Waals surface area (Å²) in [5.41, 5.74) is 0.270. The Labute approximate surface area is 125 Å². The van der Waals surface area contributed by atoms with E-state index < -0.39 is 17.3 Å². The van der Waals surface area contributed by atoms with Crippen LogP contribution in [0.5, 0.6) is 0 Å². The fraction of sp³-hybridized carbons (Fsp3) is 0.529. The Morgan fingerprint density at radius 2 is 1.76 bits per heavy atom. The van der Waals surface area contributed by atoms with E-state index in [0.717, 1.165) is 24.8 Å². The lowest BCUT2D eigenvalue weighted by Gasteiger charge is -2.33. The standard InChI is InChI=1S/C17H23NO3/c1-17(2,12-8-4-3-5-9-12)16(21)18-14-11-7-6-10-13(14)15(19)20/h3-5,8-9,13-14H,6-7,10-11H2,1-2H3,(H,18,21)(H,19,20). The zero-order valence-electron chi connectivity index (χ0n) is 12.6. The molecular formula is C17H23NO3. The molecule has 114 valence electrons. The van der Waals surface area contributed by atoms with Crippen molar-refractivity contribution in [2.24, 2.45) is 5.92 Å². The fourth-order valence-corrected chi connectivity index (χ4v) is 2.93. The largest absolute Gasteiger partial charge is 0.481 e. The van der Waals surface area contributed by atoms with Gasteiger partial charge in [0.05, 0.1) is 11.3 Å². The Morgan fingerprint density at radius 1 is 1.14 bits per heavy atom. The monoisotopic (exact) mass is 289 g/mol. The number of amides is 1. The molecule has 0 aliphatic heterocycles. The van der Waals surface area contributed by atoms with Gasteiger partial charge in [-0.3, -0.25) is 9.59 Å². The Morgan fingerprint density at radius 3 is 2.38 bits per heavy atom. The van der Waals surface area contributed by atoms with Crippen molar-refractivity contribution in [2.45, 2.75) is 51.0 Å². The maximum atomic E-state index is 12.6. The van der Waals surface area contributed by atoms with Crippen LogP contribution in [-0.4, -0.2) is 23.0 Å². The van der Waals surface area contributed by atoms with E-state index in [1.165, 1.54) is 0 Å². The number of benzene rings is 1. The smallest absolute Gasteiger partial charge is 0.308 e. The van der Waals surface area contributed by atoms with Crippen molar-refractivity contribution >= 4 is 11.9 Å². The normalized spacial score (nSPS) is 22.6. The van der Waals surface area contributed by atoms with Crippen LogP contribution >= 0.6 is 0 Å². The summed E-state index contributed by atoms with van der Waals surface area (Å²) in [4.78, 5) is 23.9. The van der Waals surface area contributed by atoms with Gasteiger partial charge < -0.3 is 10.4 Å². The second kappa shape index (κ2) is 6.29. The minimum absolute atomic E-state index is 0.105. The van der Waals surface area contributed by atoms with Crippen molar-refractivity contribution < 1.29 is 14.7 Å². The van der Waals surface area contributed by atoms with Crippen LogP contribution in [0.3, 0.4) is 0 Å². The number of carboxylic acid groups (broad SMARTS) is 1. The average molecular weight is 289 g/mol. The van der Waals surface area contributed by atoms with E-state index >= 15 is 0 Å². The van der Waals surface area contributed by atoms with Crippen molar-refractivity contribution in [1.82, 2.24) is 5.32 Å². The SMILES string of the molecule is CC(C)(C(=O)NC1CCCCC1C(=O)O)c1ccccc1. The van der Waals surface area contributed by atoms with Gasteiger partial charge in [-0.25, -0.2) is 0 Å². The molecule has 0 heterocycles. The summed E-state index contributed by atoms with van der Waals surface area (Å²) in [6, 6.07) is 9.33. The molecule has 0 bridgehead atoms. The van der Waals surface area contributed by atoms with Gasteiger partial charge in [0.15, 0.2) is 0 Å². The third-order valence-electron chi connectivity index (χ3n) is 4.46. The molecule has 1 amide bonds. The van der Waals surface area contributed by atoms with Gasteiger partial charge in [0.1, 0.15) is 0 Å². The van der Waals surface area contributed by atoms with Gasteiger partial charge in [0.2, 0.25) is 5.91 Å². The number of nitrogens with one attached hydrogen (secondary N) is 1. The highest BCUT2D eigenvalue weighted by Gasteiger charge is 2.36. The number of hydrogen-bond acceptors (Lipinski definition) is 2. The van der Waals surface area contributed by atoms with Crippen LogP contribution < -0.4 is 5.32 Å². The molecule has 0 aromatic heterocycles. The molecule has 1 aromatic rings. The third kappa shape index (κ3) is 3.43. The maximum Gasteiger partial charge on any atom is 0.308 e. The predicted molar refractivity (Wildman–Crippen MR) is 81.0 cm³/mol. The van der Waals surface area contributed by atoms with E-state index in [2.05, 4.69) is 5.32 Å². The minimum Gasteiger partial charge on any atom is -0.481 e. The first-order valence-electron chi connectivity index (χ1n) is 7.52. The molecule has 2 unspecified atom stereocenters. The molecule has 21 heavy (non-hydrogen) atoms. The van der Waals surface area contributed by atoms with E-state index in [4.69, 9.17) is 0 Å². The summed E-state index contributed by atoms with van der Waals surface area (Å²) >= 11 is 0. The molecule has 1 aromatic carbocycles. The molecule has 4 heteroatoms. The lowest BCUT2D eigenvalue weighted by Crippen LogP contribution is -2.50. The molecule has 4 nitrogen and oxygen atoms in total. The maximum absolute atomic E-state index is 12.6. The van der Waals surface area contributed by atoms with E-state index in [9.17, 15) is 14.7 Å². The molecule has 1 aliphatic carbocycles. The first kappa shape index (κ1) is 15.5. The number of hydrogen-bond donors (Lipinski definition) is 2. The number of carboxylic acids is 1. The van der Waals surface area contributed by atoms with Gasteiger partial charge in [-0.1, -0.05) is 43.2 Å². The average Bonchev–Trinajstić information content (AvgIpc) is 2.48. The third-order valence-corrected chi connectivity index (χ3v) is 4.46. The van der Waals surface area contributed by atoms with Gasteiger partial charge >= 0.3 is 5.97 Å². The van der Waals surface area contributed by atoms with Crippen molar-refractivity contribution in [3.05, 3.63) is 35.9 Å². The second-order valence-electron chi connectivity index (χ2n) is 6.30. The van der Waals surface area contributed by atoms with Gasteiger partial charge in [-0.2, -0.15) is 0 Å². The van der Waals surface area contributed by atoms with Crippen LogP contribution in [0.15, 0.2) is 30.3 Å². The zero-order chi connectivity index (χ0) is 15.5. The van der Waals surface area contributed by atoms with E-state index in [-0.39, 0.29) is 11.9 Å². The molecule has 0 spiro atoms. The number of carbonyl (C=O) groups excluding carboxylic acids is 1. The summed E-state index contributed by atoms with van der Waals surface area (Å²) in [5, 5.41) is 12.3. The fourth-order valence-electron chi connectivity index (χ4n) is 2.93. The molecule has 1 aliphatic rings. The number of carbonyl (C=O) groups is 2. The van der Waals surface area contributed by atoms with Crippen LogP contribution in [-0.2, 0) is 15.0 Å². The van der Waals surface area contributed by atoms with Crippen LogP contribution in [0.1, 0.15) is 45.1 Å². The second-order valence-corrected chi connectivity index (χ2v) is 6.30. The number of aliphatic carboxylic acids is 1. The van der Waals surface area contributed by atoms with Gasteiger partial charge in [0.25, 0.3) is 0 Å². The van der Waals surface area contributed by atoms with Crippen LogP contribution in [0.25, 0.3) is 0 Å². The van der Waals surface area contributed by atoms with Crippen LogP contribution in [0.4, 0.5) is 0 Å². The molecule has 0 saturated heterocycles. The highest BCUT2D eigenvalue weighted by Crippen LogP contribution is 2.28. The summed E-state index contributed by atoms with van der Waals surface area (Å²) in [6.45, 7) is 3.74. The van der Waals surface area contributed by atoms with Crippen molar-refractivity contribution in [2.75, 3.05) is 0 Å². The Kier molecular flexibility index (Phi) is 4.66. The molecule has 2 rings (SSSR count). The van der Waals surface area contributed by atoms with Crippen molar-refractivity contribution in [1.29, 1.82) is 0 Å². The van der Waals surface area contributed by atoms with Crippen molar-refractivity contribution in [3.8, 4) is 0 Å².